The van der Waals surface area contributed by atoms with Crippen LogP contribution in [0, 0.1) is 5.92 Å². The third kappa shape index (κ3) is 5.15. The molecule has 35 heavy (non-hydrogen) atoms. The lowest BCUT2D eigenvalue weighted by Crippen LogP contribution is -2.58. The number of para-hydroxylation sites is 1. The van der Waals surface area contributed by atoms with Crippen LogP contribution in [0.3, 0.4) is 0 Å². The van der Waals surface area contributed by atoms with Crippen LogP contribution in [0.15, 0.2) is 65.1 Å². The molecule has 4 nitrogen and oxygen atoms in total. The second kappa shape index (κ2) is 11.0. The van der Waals surface area contributed by atoms with E-state index in [0.29, 0.717) is 12.5 Å². The number of allylic oxidation sites excluding steroid dienone is 2. The van der Waals surface area contributed by atoms with Crippen LogP contribution in [-0.2, 0) is 11.3 Å². The minimum absolute atomic E-state index is 0.141. The molecule has 3 aliphatic rings. The van der Waals surface area contributed by atoms with Gasteiger partial charge in [0.15, 0.2) is 0 Å². The van der Waals surface area contributed by atoms with Crippen LogP contribution in [-0.4, -0.2) is 50.7 Å². The van der Waals surface area contributed by atoms with Gasteiger partial charge in [-0.15, -0.1) is 11.3 Å². The minimum atomic E-state index is 0.141. The van der Waals surface area contributed by atoms with Crippen molar-refractivity contribution in [1.29, 1.82) is 0 Å². The van der Waals surface area contributed by atoms with Crippen LogP contribution in [0.4, 0.5) is 5.69 Å². The molecule has 0 radical (unpaired) electrons. The fraction of sp³-hybridized carbons (Fsp3) is 0.533. The van der Waals surface area contributed by atoms with Gasteiger partial charge < -0.3 is 15.0 Å². The maximum absolute atomic E-state index is 6.54. The van der Waals surface area contributed by atoms with Gasteiger partial charge in [0.05, 0.1) is 12.7 Å². The van der Waals surface area contributed by atoms with E-state index in [2.05, 4.69) is 83.0 Å². The molecular weight excluding hydrogens is 450 g/mol. The zero-order valence-corrected chi connectivity index (χ0v) is 22.4. The Kier molecular flexibility index (Phi) is 7.78. The lowest BCUT2D eigenvalue weighted by atomic mass is 9.69. The number of thiophene rings is 1. The average Bonchev–Trinajstić information content (AvgIpc) is 3.42. The number of piperidine rings is 1. The molecule has 188 valence electrons. The zero-order chi connectivity index (χ0) is 24.3. The summed E-state index contributed by atoms with van der Waals surface area (Å²) in [7, 11) is 4.37. The smallest absolute Gasteiger partial charge is 0.0933 e. The van der Waals surface area contributed by atoms with Gasteiger partial charge in [0.25, 0.3) is 0 Å². The quantitative estimate of drug-likeness (QED) is 0.477. The van der Waals surface area contributed by atoms with Gasteiger partial charge in [-0.1, -0.05) is 43.3 Å². The first kappa shape index (κ1) is 24.8. The second-order valence-corrected chi connectivity index (χ2v) is 11.5. The van der Waals surface area contributed by atoms with Crippen molar-refractivity contribution in [2.45, 2.75) is 57.3 Å². The standard InChI is InChI=1S/C30H41N3OS/c1-23-10-11-24-13-17-32(3)30(26(24)21-23)14-18-33(19-15-30)27-8-5-4-7-25(27)22-34-28(12-16-31-2)29-9-6-20-35-29/h4-11,20,23,28,31H,12-19,21-22H2,1-3H3. The Morgan fingerprint density at radius 2 is 1.97 bits per heavy atom. The number of hydrogen-bond acceptors (Lipinski definition) is 5. The van der Waals surface area contributed by atoms with Crippen LogP contribution in [0.2, 0.25) is 0 Å². The maximum atomic E-state index is 6.54. The summed E-state index contributed by atoms with van der Waals surface area (Å²) < 4.78 is 6.54. The molecule has 1 aliphatic carbocycles. The number of likely N-dealkylation sites (N-methyl/N-ethyl adjacent to an activating group) is 1. The number of anilines is 1. The molecule has 0 saturated carbocycles. The second-order valence-electron chi connectivity index (χ2n) is 10.6. The molecule has 1 fully saturated rings. The van der Waals surface area contributed by atoms with Gasteiger partial charge in [-0.3, -0.25) is 4.90 Å². The summed E-state index contributed by atoms with van der Waals surface area (Å²) in [6.45, 7) is 7.36. The van der Waals surface area contributed by atoms with E-state index in [1.165, 1.54) is 48.4 Å². The van der Waals surface area contributed by atoms with E-state index in [1.54, 1.807) is 22.5 Å². The summed E-state index contributed by atoms with van der Waals surface area (Å²) in [5.41, 5.74) is 6.27. The normalized spacial score (nSPS) is 23.1. The fourth-order valence-corrected chi connectivity index (χ4v) is 7.16. The van der Waals surface area contributed by atoms with Crippen LogP contribution in [0.1, 0.15) is 55.6 Å². The van der Waals surface area contributed by atoms with E-state index in [0.717, 1.165) is 26.1 Å². The van der Waals surface area contributed by atoms with Crippen LogP contribution >= 0.6 is 11.3 Å². The van der Waals surface area contributed by atoms with Gasteiger partial charge in [0, 0.05) is 41.3 Å². The molecule has 2 atom stereocenters. The van der Waals surface area contributed by atoms with E-state index in [4.69, 9.17) is 4.74 Å². The summed E-state index contributed by atoms with van der Waals surface area (Å²) in [5.74, 6) is 0.659. The minimum Gasteiger partial charge on any atom is -0.371 e. The first-order chi connectivity index (χ1) is 17.1. The van der Waals surface area contributed by atoms with Crippen molar-refractivity contribution < 1.29 is 4.74 Å². The van der Waals surface area contributed by atoms with Gasteiger partial charge in [0.2, 0.25) is 0 Å². The van der Waals surface area contributed by atoms with Crippen molar-refractivity contribution in [3.63, 3.8) is 0 Å². The summed E-state index contributed by atoms with van der Waals surface area (Å²) in [5, 5.41) is 5.43. The highest BCUT2D eigenvalue weighted by molar-refractivity contribution is 7.10. The maximum Gasteiger partial charge on any atom is 0.0933 e. The molecule has 0 bridgehead atoms. The molecule has 2 unspecified atom stereocenters. The predicted molar refractivity (Wildman–Crippen MR) is 148 cm³/mol. The molecule has 2 aromatic rings. The van der Waals surface area contributed by atoms with E-state index in [1.807, 2.05) is 7.05 Å². The average molecular weight is 492 g/mol. The Balaban J connectivity index is 1.30. The van der Waals surface area contributed by atoms with Crippen LogP contribution in [0.25, 0.3) is 0 Å². The van der Waals surface area contributed by atoms with Crippen molar-refractivity contribution in [3.8, 4) is 0 Å². The first-order valence-electron chi connectivity index (χ1n) is 13.3. The van der Waals surface area contributed by atoms with Crippen molar-refractivity contribution in [2.24, 2.45) is 5.92 Å². The molecule has 1 N–H and O–H groups in total. The number of hydrogen-bond donors (Lipinski definition) is 1. The SMILES string of the molecule is CNCCC(OCc1ccccc1N1CCC2(CC1)C1=C(C=CC(C)C1)CCN2C)c1cccs1. The molecule has 5 rings (SSSR count). The van der Waals surface area contributed by atoms with Gasteiger partial charge in [-0.05, 0) is 87.3 Å². The Hall–Kier alpha value is -1.92. The Labute approximate surface area is 215 Å². The Morgan fingerprint density at radius 3 is 2.74 bits per heavy atom. The van der Waals surface area contributed by atoms with Crippen molar-refractivity contribution in [1.82, 2.24) is 10.2 Å². The lowest BCUT2D eigenvalue weighted by molar-refractivity contribution is 0.0368. The van der Waals surface area contributed by atoms with Gasteiger partial charge in [0.1, 0.15) is 0 Å². The highest BCUT2D eigenvalue weighted by Gasteiger charge is 2.45. The third-order valence-corrected chi connectivity index (χ3v) is 9.39. The fourth-order valence-electron chi connectivity index (χ4n) is 6.35. The molecule has 1 spiro atoms. The molecule has 0 amide bonds. The van der Waals surface area contributed by atoms with Gasteiger partial charge in [-0.25, -0.2) is 0 Å². The monoisotopic (exact) mass is 491 g/mol. The molecular formula is C30H41N3OS. The zero-order valence-electron chi connectivity index (χ0n) is 21.6. The van der Waals surface area contributed by atoms with Crippen molar-refractivity contribution in [2.75, 3.05) is 45.2 Å². The highest BCUT2D eigenvalue weighted by Crippen LogP contribution is 2.46. The molecule has 5 heteroatoms. The summed E-state index contributed by atoms with van der Waals surface area (Å²) >= 11 is 1.79. The molecule has 3 heterocycles. The topological polar surface area (TPSA) is 27.7 Å². The van der Waals surface area contributed by atoms with Crippen LogP contribution < -0.4 is 10.2 Å². The molecule has 2 aliphatic heterocycles. The number of fused-ring (bicyclic) bond motifs is 1. The number of benzene rings is 1. The number of rotatable bonds is 8. The third-order valence-electron chi connectivity index (χ3n) is 8.43. The Morgan fingerprint density at radius 1 is 1.14 bits per heavy atom. The molecule has 1 aromatic heterocycles. The number of ether oxygens (including phenoxy) is 1. The van der Waals surface area contributed by atoms with Crippen molar-refractivity contribution in [3.05, 3.63) is 75.5 Å². The summed E-state index contributed by atoms with van der Waals surface area (Å²) in [4.78, 5) is 6.61. The van der Waals surface area contributed by atoms with E-state index >= 15 is 0 Å². The van der Waals surface area contributed by atoms with Crippen molar-refractivity contribution >= 4 is 17.0 Å². The molecule has 1 saturated heterocycles. The first-order valence-corrected chi connectivity index (χ1v) is 14.2. The summed E-state index contributed by atoms with van der Waals surface area (Å²) in [6.07, 6.45) is 10.8. The Bertz CT molecular complexity index is 1040. The largest absolute Gasteiger partial charge is 0.371 e. The van der Waals surface area contributed by atoms with E-state index in [-0.39, 0.29) is 11.6 Å². The van der Waals surface area contributed by atoms with Gasteiger partial charge >= 0.3 is 0 Å². The predicted octanol–water partition coefficient (Wildman–Crippen LogP) is 6.18. The van der Waals surface area contributed by atoms with Crippen LogP contribution in [0.5, 0.6) is 0 Å². The molecule has 1 aromatic carbocycles. The lowest BCUT2D eigenvalue weighted by Gasteiger charge is -2.53. The number of nitrogens with zero attached hydrogens (tertiary/aromatic N) is 2. The van der Waals surface area contributed by atoms with E-state index in [9.17, 15) is 0 Å². The summed E-state index contributed by atoms with van der Waals surface area (Å²) in [6, 6.07) is 13.2. The highest BCUT2D eigenvalue weighted by atomic mass is 32.1. The number of nitrogens with one attached hydrogen (secondary N) is 1. The van der Waals surface area contributed by atoms with Gasteiger partial charge in [-0.2, -0.15) is 0 Å². The van der Waals surface area contributed by atoms with E-state index < -0.39 is 0 Å².